The highest BCUT2D eigenvalue weighted by molar-refractivity contribution is 7.09. The topological polar surface area (TPSA) is 55.1 Å². The van der Waals surface area contributed by atoms with E-state index >= 15 is 0 Å². The van der Waals surface area contributed by atoms with Crippen LogP contribution in [0.4, 0.5) is 5.82 Å². The van der Waals surface area contributed by atoms with Gasteiger partial charge in [-0.1, -0.05) is 32.0 Å². The van der Waals surface area contributed by atoms with Gasteiger partial charge >= 0.3 is 0 Å². The van der Waals surface area contributed by atoms with Gasteiger partial charge in [-0.25, -0.2) is 0 Å². The van der Waals surface area contributed by atoms with Gasteiger partial charge in [0.15, 0.2) is 5.82 Å². The number of aromatic nitrogens is 1. The fraction of sp³-hybridized carbons (Fsp3) is 0.467. The summed E-state index contributed by atoms with van der Waals surface area (Å²) in [4.78, 5) is 13.1. The Labute approximate surface area is 123 Å². The van der Waals surface area contributed by atoms with Crippen LogP contribution in [-0.2, 0) is 16.6 Å². The average molecular weight is 292 g/mol. The molecule has 0 bridgehead atoms. The van der Waals surface area contributed by atoms with Gasteiger partial charge in [-0.3, -0.25) is 4.79 Å². The predicted molar refractivity (Wildman–Crippen MR) is 81.1 cm³/mol. The van der Waals surface area contributed by atoms with E-state index < -0.39 is 0 Å². The van der Waals surface area contributed by atoms with Crippen molar-refractivity contribution in [1.29, 1.82) is 0 Å². The van der Waals surface area contributed by atoms with E-state index in [4.69, 9.17) is 4.52 Å². The van der Waals surface area contributed by atoms with Crippen LogP contribution in [0.25, 0.3) is 0 Å². The molecule has 2 rings (SSSR count). The normalized spacial score (nSPS) is 11.6. The molecular formula is C15H20N2O2S. The number of carbonyl (C=O) groups excluding carboxylic acids is 1. The molecule has 0 spiro atoms. The van der Waals surface area contributed by atoms with E-state index in [0.29, 0.717) is 12.2 Å². The van der Waals surface area contributed by atoms with E-state index in [1.165, 1.54) is 4.88 Å². The zero-order valence-electron chi connectivity index (χ0n) is 12.1. The lowest BCUT2D eigenvalue weighted by atomic mass is 9.93. The second-order valence-electron chi connectivity index (χ2n) is 5.81. The fourth-order valence-electron chi connectivity index (χ4n) is 1.77. The number of nitrogens with one attached hydrogen (secondary N) is 1. The first-order valence-corrected chi connectivity index (χ1v) is 7.62. The minimum absolute atomic E-state index is 0.0182. The molecule has 0 aromatic carbocycles. The van der Waals surface area contributed by atoms with E-state index in [1.807, 2.05) is 26.8 Å². The van der Waals surface area contributed by atoms with Crippen molar-refractivity contribution >= 4 is 23.1 Å². The molecule has 0 atom stereocenters. The lowest BCUT2D eigenvalue weighted by Crippen LogP contribution is -2.12. The van der Waals surface area contributed by atoms with Crippen LogP contribution in [0.2, 0.25) is 0 Å². The van der Waals surface area contributed by atoms with Crippen LogP contribution in [0.1, 0.15) is 44.3 Å². The minimum Gasteiger partial charge on any atom is -0.359 e. The quantitative estimate of drug-likeness (QED) is 0.906. The Morgan fingerprint density at radius 2 is 2.25 bits per heavy atom. The summed E-state index contributed by atoms with van der Waals surface area (Å²) in [6.07, 6.45) is 2.28. The number of aryl methyl sites for hydroxylation is 1. The summed E-state index contributed by atoms with van der Waals surface area (Å²) in [5.41, 5.74) is -0.102. The molecule has 5 heteroatoms. The summed E-state index contributed by atoms with van der Waals surface area (Å²) in [7, 11) is 0. The third-order valence-corrected chi connectivity index (χ3v) is 3.86. The van der Waals surface area contributed by atoms with Crippen molar-refractivity contribution in [2.24, 2.45) is 0 Å². The minimum atomic E-state index is -0.102. The van der Waals surface area contributed by atoms with E-state index in [-0.39, 0.29) is 11.3 Å². The van der Waals surface area contributed by atoms with Crippen LogP contribution in [0.5, 0.6) is 0 Å². The first-order chi connectivity index (χ1) is 9.45. The van der Waals surface area contributed by atoms with Crippen molar-refractivity contribution in [3.8, 4) is 0 Å². The smallest absolute Gasteiger partial charge is 0.225 e. The third-order valence-electron chi connectivity index (χ3n) is 2.92. The molecule has 0 aliphatic heterocycles. The molecule has 0 fully saturated rings. The fourth-order valence-corrected chi connectivity index (χ4v) is 2.52. The summed E-state index contributed by atoms with van der Waals surface area (Å²) >= 11 is 1.73. The van der Waals surface area contributed by atoms with E-state index in [2.05, 4.69) is 21.9 Å². The Bertz CT molecular complexity index is 553. The van der Waals surface area contributed by atoms with Crippen LogP contribution in [0.15, 0.2) is 28.1 Å². The van der Waals surface area contributed by atoms with Gasteiger partial charge in [-0.05, 0) is 24.3 Å². The van der Waals surface area contributed by atoms with Crippen molar-refractivity contribution in [2.75, 3.05) is 5.32 Å². The maximum atomic E-state index is 11.8. The van der Waals surface area contributed by atoms with Crippen LogP contribution in [0.3, 0.4) is 0 Å². The molecule has 2 aromatic heterocycles. The van der Waals surface area contributed by atoms with Gasteiger partial charge in [0.05, 0.1) is 0 Å². The maximum absolute atomic E-state index is 11.8. The molecule has 108 valence electrons. The zero-order valence-corrected chi connectivity index (χ0v) is 12.9. The monoisotopic (exact) mass is 292 g/mol. The van der Waals surface area contributed by atoms with Crippen LogP contribution >= 0.6 is 11.3 Å². The second kappa shape index (κ2) is 6.22. The molecule has 0 radical (unpaired) electrons. The molecule has 2 heterocycles. The van der Waals surface area contributed by atoms with Gasteiger partial charge in [0.1, 0.15) is 5.76 Å². The third kappa shape index (κ3) is 4.20. The first-order valence-electron chi connectivity index (χ1n) is 6.74. The van der Waals surface area contributed by atoms with Gasteiger partial charge in [0, 0.05) is 22.8 Å². The van der Waals surface area contributed by atoms with Crippen LogP contribution in [-0.4, -0.2) is 11.1 Å². The van der Waals surface area contributed by atoms with Crippen molar-refractivity contribution in [3.63, 3.8) is 0 Å². The highest BCUT2D eigenvalue weighted by Crippen LogP contribution is 2.24. The van der Waals surface area contributed by atoms with E-state index in [0.717, 1.165) is 18.6 Å². The van der Waals surface area contributed by atoms with Crippen molar-refractivity contribution in [2.45, 2.75) is 45.4 Å². The summed E-state index contributed by atoms with van der Waals surface area (Å²) in [6, 6.07) is 5.91. The number of nitrogens with zero attached hydrogens (tertiary/aromatic N) is 1. The zero-order chi connectivity index (χ0) is 14.6. The van der Waals surface area contributed by atoms with E-state index in [9.17, 15) is 4.79 Å². The first kappa shape index (κ1) is 14.8. The Balaban J connectivity index is 1.78. The highest BCUT2D eigenvalue weighted by atomic mass is 32.1. The molecular weight excluding hydrogens is 272 g/mol. The number of amides is 1. The van der Waals surface area contributed by atoms with Crippen molar-refractivity contribution in [1.82, 2.24) is 5.16 Å². The van der Waals surface area contributed by atoms with Crippen molar-refractivity contribution < 1.29 is 9.32 Å². The standard InChI is InChI=1S/C15H20N2O2S/c1-15(2,3)12-10-13(17-19-12)16-14(18)8-4-6-11-7-5-9-20-11/h5,7,9-10H,4,6,8H2,1-3H3,(H,16,17,18). The molecule has 1 N–H and O–H groups in total. The van der Waals surface area contributed by atoms with Gasteiger partial charge in [0.25, 0.3) is 0 Å². The number of carbonyl (C=O) groups is 1. The van der Waals surface area contributed by atoms with E-state index in [1.54, 1.807) is 17.4 Å². The SMILES string of the molecule is CC(C)(C)c1cc(NC(=O)CCCc2cccs2)no1. The Morgan fingerprint density at radius 1 is 1.45 bits per heavy atom. The summed E-state index contributed by atoms with van der Waals surface area (Å²) in [5.74, 6) is 1.25. The number of hydrogen-bond acceptors (Lipinski definition) is 4. The molecule has 1 amide bonds. The van der Waals surface area contributed by atoms with Gasteiger partial charge in [-0.15, -0.1) is 11.3 Å². The largest absolute Gasteiger partial charge is 0.359 e. The summed E-state index contributed by atoms with van der Waals surface area (Å²) in [5, 5.41) is 8.70. The van der Waals surface area contributed by atoms with Gasteiger partial charge in [-0.2, -0.15) is 0 Å². The lowest BCUT2D eigenvalue weighted by molar-refractivity contribution is -0.116. The predicted octanol–water partition coefficient (Wildman–Crippen LogP) is 4.00. The van der Waals surface area contributed by atoms with Gasteiger partial charge in [0.2, 0.25) is 5.91 Å². The summed E-state index contributed by atoms with van der Waals surface area (Å²) < 4.78 is 5.23. The molecule has 0 unspecified atom stereocenters. The number of hydrogen-bond donors (Lipinski definition) is 1. The lowest BCUT2D eigenvalue weighted by Gasteiger charge is -2.11. The summed E-state index contributed by atoms with van der Waals surface area (Å²) in [6.45, 7) is 6.13. The Kier molecular flexibility index (Phi) is 4.60. The number of thiophene rings is 1. The molecule has 0 aliphatic rings. The number of rotatable bonds is 5. The van der Waals surface area contributed by atoms with Crippen molar-refractivity contribution in [3.05, 3.63) is 34.2 Å². The average Bonchev–Trinajstić information content (AvgIpc) is 2.98. The Morgan fingerprint density at radius 3 is 2.85 bits per heavy atom. The molecule has 0 aliphatic carbocycles. The Hall–Kier alpha value is -1.62. The van der Waals surface area contributed by atoms with Crippen LogP contribution < -0.4 is 5.32 Å². The van der Waals surface area contributed by atoms with Crippen LogP contribution in [0, 0.1) is 0 Å². The van der Waals surface area contributed by atoms with Gasteiger partial charge < -0.3 is 9.84 Å². The highest BCUT2D eigenvalue weighted by Gasteiger charge is 2.20. The maximum Gasteiger partial charge on any atom is 0.225 e. The molecule has 4 nitrogen and oxygen atoms in total. The second-order valence-corrected chi connectivity index (χ2v) is 6.84. The molecule has 0 saturated carbocycles. The molecule has 0 saturated heterocycles. The number of anilines is 1. The molecule has 20 heavy (non-hydrogen) atoms. The molecule has 2 aromatic rings.